The van der Waals surface area contributed by atoms with E-state index in [1.54, 1.807) is 23.9 Å². The van der Waals surface area contributed by atoms with E-state index in [1.165, 1.54) is 7.11 Å². The van der Waals surface area contributed by atoms with Crippen molar-refractivity contribution in [3.8, 4) is 0 Å². The van der Waals surface area contributed by atoms with E-state index in [9.17, 15) is 4.79 Å². The summed E-state index contributed by atoms with van der Waals surface area (Å²) in [5.74, 6) is 1.11. The molecule has 1 unspecified atom stereocenters. The number of carbonyl (C=O) groups is 1. The van der Waals surface area contributed by atoms with Crippen molar-refractivity contribution in [3.63, 3.8) is 0 Å². The van der Waals surface area contributed by atoms with Gasteiger partial charge in [-0.05, 0) is 19.1 Å². The van der Waals surface area contributed by atoms with E-state index < -0.39 is 5.97 Å². The number of carbonyl (C=O) groups excluding carboxylic acids is 1. The Morgan fingerprint density at radius 1 is 1.67 bits per heavy atom. The lowest BCUT2D eigenvalue weighted by Gasteiger charge is -2.06. The van der Waals surface area contributed by atoms with Gasteiger partial charge in [0.25, 0.3) is 0 Å². The van der Waals surface area contributed by atoms with Crippen molar-refractivity contribution in [2.24, 2.45) is 0 Å². The molecule has 0 radical (unpaired) electrons. The molecular formula is C10H14O4S. The van der Waals surface area contributed by atoms with Crippen LogP contribution in [0.5, 0.6) is 0 Å². The SMILES string of the molecule is COC(=O)c1ccc(C(C)SCCO)o1. The summed E-state index contributed by atoms with van der Waals surface area (Å²) < 4.78 is 9.85. The largest absolute Gasteiger partial charge is 0.463 e. The minimum Gasteiger partial charge on any atom is -0.463 e. The lowest BCUT2D eigenvalue weighted by molar-refractivity contribution is 0.0563. The van der Waals surface area contributed by atoms with Crippen LogP contribution in [0, 0.1) is 0 Å². The van der Waals surface area contributed by atoms with Gasteiger partial charge in [-0.2, -0.15) is 0 Å². The van der Waals surface area contributed by atoms with Crippen LogP contribution in [0.15, 0.2) is 16.5 Å². The van der Waals surface area contributed by atoms with Crippen LogP contribution < -0.4 is 0 Å². The molecule has 0 saturated carbocycles. The molecule has 0 spiro atoms. The van der Waals surface area contributed by atoms with Crippen molar-refractivity contribution in [2.45, 2.75) is 12.2 Å². The molecule has 1 heterocycles. The van der Waals surface area contributed by atoms with Crippen molar-refractivity contribution in [1.29, 1.82) is 0 Å². The molecule has 4 nitrogen and oxygen atoms in total. The molecule has 0 aliphatic rings. The Kier molecular flexibility index (Phi) is 4.71. The number of methoxy groups -OCH3 is 1. The number of rotatable bonds is 5. The predicted octanol–water partition coefficient (Wildman–Crippen LogP) is 1.85. The highest BCUT2D eigenvalue weighted by atomic mass is 32.2. The standard InChI is InChI=1S/C10H14O4S/c1-7(15-6-5-11)8-3-4-9(14-8)10(12)13-2/h3-4,7,11H,5-6H2,1-2H3. The molecule has 0 bridgehead atoms. The molecule has 1 atom stereocenters. The molecule has 84 valence electrons. The zero-order valence-electron chi connectivity index (χ0n) is 8.73. The van der Waals surface area contributed by atoms with Crippen molar-refractivity contribution >= 4 is 17.7 Å². The fraction of sp³-hybridized carbons (Fsp3) is 0.500. The van der Waals surface area contributed by atoms with Crippen LogP contribution in [0.4, 0.5) is 0 Å². The number of esters is 1. The van der Waals surface area contributed by atoms with E-state index in [1.807, 2.05) is 6.92 Å². The van der Waals surface area contributed by atoms with Gasteiger partial charge in [-0.25, -0.2) is 4.79 Å². The normalized spacial score (nSPS) is 12.5. The van der Waals surface area contributed by atoms with Crippen LogP contribution in [0.3, 0.4) is 0 Å². The number of aliphatic hydroxyl groups is 1. The summed E-state index contributed by atoms with van der Waals surface area (Å²) in [5, 5.41) is 8.79. The molecule has 1 aromatic heterocycles. The zero-order valence-corrected chi connectivity index (χ0v) is 9.54. The molecule has 1 aromatic rings. The maximum Gasteiger partial charge on any atom is 0.373 e. The quantitative estimate of drug-likeness (QED) is 0.782. The van der Waals surface area contributed by atoms with Gasteiger partial charge in [0.1, 0.15) is 5.76 Å². The summed E-state index contributed by atoms with van der Waals surface area (Å²) in [4.78, 5) is 11.1. The van der Waals surface area contributed by atoms with E-state index >= 15 is 0 Å². The Morgan fingerprint density at radius 2 is 2.40 bits per heavy atom. The van der Waals surface area contributed by atoms with Crippen LogP contribution in [-0.4, -0.2) is 30.5 Å². The van der Waals surface area contributed by atoms with E-state index in [-0.39, 0.29) is 17.6 Å². The van der Waals surface area contributed by atoms with Crippen LogP contribution >= 0.6 is 11.8 Å². The number of thioether (sulfide) groups is 1. The average Bonchev–Trinajstić information content (AvgIpc) is 2.74. The second kappa shape index (κ2) is 5.82. The number of hydrogen-bond acceptors (Lipinski definition) is 5. The monoisotopic (exact) mass is 230 g/mol. The van der Waals surface area contributed by atoms with Crippen LogP contribution in [-0.2, 0) is 4.74 Å². The molecule has 15 heavy (non-hydrogen) atoms. The van der Waals surface area contributed by atoms with Gasteiger partial charge in [-0.1, -0.05) is 0 Å². The molecule has 1 rings (SSSR count). The van der Waals surface area contributed by atoms with Gasteiger partial charge in [-0.3, -0.25) is 0 Å². The van der Waals surface area contributed by atoms with Crippen LogP contribution in [0.25, 0.3) is 0 Å². The summed E-state index contributed by atoms with van der Waals surface area (Å²) in [6, 6.07) is 3.35. The Bertz CT molecular complexity index is 321. The molecule has 0 fully saturated rings. The minimum absolute atomic E-state index is 0.121. The molecule has 1 N–H and O–H groups in total. The fourth-order valence-electron chi connectivity index (χ4n) is 1.09. The first-order valence-electron chi connectivity index (χ1n) is 4.59. The van der Waals surface area contributed by atoms with E-state index in [0.717, 1.165) is 0 Å². The van der Waals surface area contributed by atoms with Crippen LogP contribution in [0.1, 0.15) is 28.5 Å². The average molecular weight is 230 g/mol. The van der Waals surface area contributed by atoms with Crippen molar-refractivity contribution < 1.29 is 19.1 Å². The molecule has 0 saturated heterocycles. The zero-order chi connectivity index (χ0) is 11.3. The predicted molar refractivity (Wildman–Crippen MR) is 58.0 cm³/mol. The lowest BCUT2D eigenvalue weighted by Crippen LogP contribution is -1.98. The summed E-state index contributed by atoms with van der Waals surface area (Å²) >= 11 is 1.57. The molecule has 0 aliphatic heterocycles. The first kappa shape index (κ1) is 12.1. The maximum absolute atomic E-state index is 11.1. The highest BCUT2D eigenvalue weighted by Gasteiger charge is 2.15. The van der Waals surface area contributed by atoms with Gasteiger partial charge in [0.2, 0.25) is 5.76 Å². The smallest absolute Gasteiger partial charge is 0.373 e. The maximum atomic E-state index is 11.1. The van der Waals surface area contributed by atoms with Gasteiger partial charge >= 0.3 is 5.97 Å². The molecule has 0 aromatic carbocycles. The second-order valence-corrected chi connectivity index (χ2v) is 4.38. The molecule has 0 amide bonds. The van der Waals surface area contributed by atoms with Gasteiger partial charge in [0, 0.05) is 5.75 Å². The Labute approximate surface area is 92.6 Å². The van der Waals surface area contributed by atoms with Gasteiger partial charge in [0.05, 0.1) is 19.0 Å². The Balaban J connectivity index is 2.62. The summed E-state index contributed by atoms with van der Waals surface area (Å²) in [6.45, 7) is 2.10. The number of ether oxygens (including phenoxy) is 1. The number of hydrogen-bond donors (Lipinski definition) is 1. The number of aliphatic hydroxyl groups excluding tert-OH is 1. The molecule has 5 heteroatoms. The fourth-order valence-corrected chi connectivity index (χ4v) is 1.84. The third-order valence-electron chi connectivity index (χ3n) is 1.87. The number of furan rings is 1. The van der Waals surface area contributed by atoms with E-state index in [0.29, 0.717) is 11.5 Å². The first-order valence-corrected chi connectivity index (χ1v) is 5.64. The Morgan fingerprint density at radius 3 is 3.00 bits per heavy atom. The first-order chi connectivity index (χ1) is 7.19. The second-order valence-electron chi connectivity index (χ2n) is 2.93. The van der Waals surface area contributed by atoms with Crippen molar-refractivity contribution in [3.05, 3.63) is 23.7 Å². The highest BCUT2D eigenvalue weighted by Crippen LogP contribution is 2.29. The summed E-state index contributed by atoms with van der Waals surface area (Å²) in [5.41, 5.74) is 0. The van der Waals surface area contributed by atoms with Crippen molar-refractivity contribution in [2.75, 3.05) is 19.5 Å². The van der Waals surface area contributed by atoms with Gasteiger partial charge < -0.3 is 14.3 Å². The highest BCUT2D eigenvalue weighted by molar-refractivity contribution is 7.99. The molecule has 0 aliphatic carbocycles. The lowest BCUT2D eigenvalue weighted by atomic mass is 10.3. The van der Waals surface area contributed by atoms with Crippen molar-refractivity contribution in [1.82, 2.24) is 0 Å². The van der Waals surface area contributed by atoms with E-state index in [4.69, 9.17) is 9.52 Å². The topological polar surface area (TPSA) is 59.7 Å². The third kappa shape index (κ3) is 3.28. The van der Waals surface area contributed by atoms with E-state index in [2.05, 4.69) is 4.74 Å². The summed E-state index contributed by atoms with van der Waals surface area (Å²) in [7, 11) is 1.31. The minimum atomic E-state index is -0.472. The Hall–Kier alpha value is -0.940. The van der Waals surface area contributed by atoms with Crippen LogP contribution in [0.2, 0.25) is 0 Å². The summed E-state index contributed by atoms with van der Waals surface area (Å²) in [6.07, 6.45) is 0. The third-order valence-corrected chi connectivity index (χ3v) is 3.02. The molecular weight excluding hydrogens is 216 g/mol. The van der Waals surface area contributed by atoms with Gasteiger partial charge in [-0.15, -0.1) is 11.8 Å². The van der Waals surface area contributed by atoms with Gasteiger partial charge in [0.15, 0.2) is 0 Å².